The van der Waals surface area contributed by atoms with E-state index in [1.807, 2.05) is 30.3 Å². The van der Waals surface area contributed by atoms with E-state index in [2.05, 4.69) is 10.1 Å². The van der Waals surface area contributed by atoms with Crippen molar-refractivity contribution >= 4 is 0 Å². The smallest absolute Gasteiger partial charge is 0.387 e. The van der Waals surface area contributed by atoms with E-state index in [0.29, 0.717) is 13.2 Å². The molecule has 1 fully saturated rings. The number of halogens is 2. The minimum Gasteiger partial charge on any atom is -0.479 e. The van der Waals surface area contributed by atoms with E-state index < -0.39 is 12.7 Å². The maximum atomic E-state index is 12.6. The Labute approximate surface area is 139 Å². The van der Waals surface area contributed by atoms with Crippen molar-refractivity contribution in [1.29, 1.82) is 0 Å². The number of hydrogen-bond acceptors (Lipinski definition) is 4. The van der Waals surface area contributed by atoms with E-state index in [0.717, 1.165) is 12.1 Å². The van der Waals surface area contributed by atoms with Gasteiger partial charge in [0.05, 0.1) is 6.61 Å². The zero-order valence-corrected chi connectivity index (χ0v) is 13.0. The lowest BCUT2D eigenvalue weighted by molar-refractivity contribution is -0.0598. The van der Waals surface area contributed by atoms with Crippen LogP contribution in [0.1, 0.15) is 11.7 Å². The molecule has 0 saturated carbocycles. The molecule has 1 unspecified atom stereocenters. The molecule has 128 valence electrons. The first-order chi connectivity index (χ1) is 11.7. The van der Waals surface area contributed by atoms with Gasteiger partial charge in [-0.25, -0.2) is 0 Å². The van der Waals surface area contributed by atoms with Crippen LogP contribution in [0.2, 0.25) is 0 Å². The fourth-order valence-electron chi connectivity index (χ4n) is 2.66. The van der Waals surface area contributed by atoms with Gasteiger partial charge in [-0.05, 0) is 17.7 Å². The predicted molar refractivity (Wildman–Crippen MR) is 85.5 cm³/mol. The summed E-state index contributed by atoms with van der Waals surface area (Å²) in [6.45, 7) is -0.926. The van der Waals surface area contributed by atoms with Crippen molar-refractivity contribution < 1.29 is 23.0 Å². The Morgan fingerprint density at radius 3 is 2.25 bits per heavy atom. The first-order valence-electron chi connectivity index (χ1n) is 7.82. The van der Waals surface area contributed by atoms with E-state index in [1.54, 1.807) is 18.2 Å². The van der Waals surface area contributed by atoms with Gasteiger partial charge in [-0.3, -0.25) is 0 Å². The summed E-state index contributed by atoms with van der Waals surface area (Å²) in [6.07, 6.45) is -0.651. The van der Waals surface area contributed by atoms with Gasteiger partial charge in [0.15, 0.2) is 17.6 Å². The van der Waals surface area contributed by atoms with Crippen LogP contribution in [-0.2, 0) is 4.74 Å². The zero-order chi connectivity index (χ0) is 16.8. The third kappa shape index (κ3) is 4.21. The lowest BCUT2D eigenvalue weighted by Crippen LogP contribution is -2.43. The third-order valence-electron chi connectivity index (χ3n) is 3.74. The number of rotatable bonds is 6. The molecule has 0 amide bonds. The topological polar surface area (TPSA) is 39.7 Å². The average molecular weight is 335 g/mol. The molecule has 24 heavy (non-hydrogen) atoms. The van der Waals surface area contributed by atoms with E-state index in [4.69, 9.17) is 9.47 Å². The summed E-state index contributed by atoms with van der Waals surface area (Å²) in [4.78, 5) is 0. The SMILES string of the molecule is FC(F)Oc1ccccc1O[C@@H](c1ccccc1)C1CNCCO1. The van der Waals surface area contributed by atoms with Crippen molar-refractivity contribution in [3.63, 3.8) is 0 Å². The van der Waals surface area contributed by atoms with Gasteiger partial charge < -0.3 is 19.5 Å². The Hall–Kier alpha value is -2.18. The van der Waals surface area contributed by atoms with E-state index in [1.165, 1.54) is 6.07 Å². The first-order valence-corrected chi connectivity index (χ1v) is 7.82. The van der Waals surface area contributed by atoms with Crippen LogP contribution in [0.4, 0.5) is 8.78 Å². The Morgan fingerprint density at radius 2 is 1.62 bits per heavy atom. The Morgan fingerprint density at radius 1 is 0.958 bits per heavy atom. The van der Waals surface area contributed by atoms with Crippen LogP contribution < -0.4 is 14.8 Å². The lowest BCUT2D eigenvalue weighted by atomic mass is 10.0. The maximum absolute atomic E-state index is 12.6. The highest BCUT2D eigenvalue weighted by Crippen LogP contribution is 2.34. The summed E-state index contributed by atoms with van der Waals surface area (Å²) < 4.78 is 41.6. The van der Waals surface area contributed by atoms with Gasteiger partial charge in [-0.1, -0.05) is 42.5 Å². The fourth-order valence-corrected chi connectivity index (χ4v) is 2.66. The fraction of sp³-hybridized carbons (Fsp3) is 0.333. The Kier molecular flexibility index (Phi) is 5.61. The normalized spacial score (nSPS) is 19.0. The highest BCUT2D eigenvalue weighted by molar-refractivity contribution is 5.40. The maximum Gasteiger partial charge on any atom is 0.387 e. The van der Waals surface area contributed by atoms with Crippen LogP contribution >= 0.6 is 0 Å². The van der Waals surface area contributed by atoms with Gasteiger partial charge in [0.25, 0.3) is 0 Å². The number of ether oxygens (including phenoxy) is 3. The van der Waals surface area contributed by atoms with Crippen molar-refractivity contribution in [1.82, 2.24) is 5.32 Å². The minimum absolute atomic E-state index is 0.0113. The van der Waals surface area contributed by atoms with Crippen LogP contribution in [0.15, 0.2) is 54.6 Å². The molecular formula is C18H19F2NO3. The molecule has 1 aliphatic heterocycles. The molecule has 1 N–H and O–H groups in total. The molecule has 0 bridgehead atoms. The molecule has 6 heteroatoms. The Balaban J connectivity index is 1.87. The number of benzene rings is 2. The predicted octanol–water partition coefficient (Wildman–Crippen LogP) is 3.40. The van der Waals surface area contributed by atoms with E-state index in [-0.39, 0.29) is 17.6 Å². The number of nitrogens with one attached hydrogen (secondary N) is 1. The number of morpholine rings is 1. The van der Waals surface area contributed by atoms with E-state index >= 15 is 0 Å². The molecule has 0 spiro atoms. The standard InChI is InChI=1S/C18H19F2NO3/c19-18(20)24-15-9-5-4-8-14(15)23-17(13-6-2-1-3-7-13)16-12-21-10-11-22-16/h1-9,16-18,21H,10-12H2/t16?,17-/m0/s1. The van der Waals surface area contributed by atoms with Crippen molar-refractivity contribution in [2.24, 2.45) is 0 Å². The monoisotopic (exact) mass is 335 g/mol. The molecule has 1 aliphatic rings. The summed E-state index contributed by atoms with van der Waals surface area (Å²) >= 11 is 0. The second-order valence-electron chi connectivity index (χ2n) is 5.39. The summed E-state index contributed by atoms with van der Waals surface area (Å²) in [5, 5.41) is 3.26. The minimum atomic E-state index is -2.91. The molecule has 0 aliphatic carbocycles. The second kappa shape index (κ2) is 8.08. The summed E-state index contributed by atoms with van der Waals surface area (Å²) in [5.41, 5.74) is 0.915. The number of hydrogen-bond donors (Lipinski definition) is 1. The first kappa shape index (κ1) is 16.7. The van der Waals surface area contributed by atoms with Gasteiger partial charge in [-0.2, -0.15) is 8.78 Å². The molecule has 2 atom stereocenters. The zero-order valence-electron chi connectivity index (χ0n) is 13.0. The molecule has 3 rings (SSSR count). The molecule has 2 aromatic rings. The third-order valence-corrected chi connectivity index (χ3v) is 3.74. The van der Waals surface area contributed by atoms with Gasteiger partial charge in [0.2, 0.25) is 0 Å². The Bertz CT molecular complexity index is 633. The molecule has 4 nitrogen and oxygen atoms in total. The van der Waals surface area contributed by atoms with Crippen molar-refractivity contribution in [3.05, 3.63) is 60.2 Å². The quantitative estimate of drug-likeness (QED) is 0.878. The van der Waals surface area contributed by atoms with Crippen molar-refractivity contribution in [3.8, 4) is 11.5 Å². The average Bonchev–Trinajstić information content (AvgIpc) is 2.62. The van der Waals surface area contributed by atoms with Crippen LogP contribution in [0.5, 0.6) is 11.5 Å². The van der Waals surface area contributed by atoms with Gasteiger partial charge in [0, 0.05) is 13.1 Å². The highest BCUT2D eigenvalue weighted by atomic mass is 19.3. The van der Waals surface area contributed by atoms with Crippen LogP contribution in [0.3, 0.4) is 0 Å². The largest absolute Gasteiger partial charge is 0.479 e. The molecule has 2 aromatic carbocycles. The van der Waals surface area contributed by atoms with Crippen LogP contribution in [-0.4, -0.2) is 32.4 Å². The van der Waals surface area contributed by atoms with Gasteiger partial charge in [-0.15, -0.1) is 0 Å². The van der Waals surface area contributed by atoms with Crippen LogP contribution in [0, 0.1) is 0 Å². The molecule has 1 heterocycles. The molecular weight excluding hydrogens is 316 g/mol. The summed E-state index contributed by atoms with van der Waals surface area (Å²) in [5.74, 6) is 0.276. The van der Waals surface area contributed by atoms with E-state index in [9.17, 15) is 8.78 Å². The molecule has 0 aromatic heterocycles. The lowest BCUT2D eigenvalue weighted by Gasteiger charge is -2.32. The second-order valence-corrected chi connectivity index (χ2v) is 5.39. The van der Waals surface area contributed by atoms with Crippen molar-refractivity contribution in [2.75, 3.05) is 19.7 Å². The summed E-state index contributed by atoms with van der Waals surface area (Å²) in [6, 6.07) is 16.0. The van der Waals surface area contributed by atoms with Gasteiger partial charge >= 0.3 is 6.61 Å². The highest BCUT2D eigenvalue weighted by Gasteiger charge is 2.28. The summed E-state index contributed by atoms with van der Waals surface area (Å²) in [7, 11) is 0. The van der Waals surface area contributed by atoms with Crippen molar-refractivity contribution in [2.45, 2.75) is 18.8 Å². The van der Waals surface area contributed by atoms with Crippen LogP contribution in [0.25, 0.3) is 0 Å². The number of alkyl halides is 2. The van der Waals surface area contributed by atoms with Gasteiger partial charge in [0.1, 0.15) is 6.10 Å². The molecule has 0 radical (unpaired) electrons. The molecule has 1 saturated heterocycles. The number of para-hydroxylation sites is 2.